The van der Waals surface area contributed by atoms with Crippen LogP contribution in [0.4, 0.5) is 19.6 Å². The van der Waals surface area contributed by atoms with Crippen LogP contribution in [0.15, 0.2) is 51.0 Å². The average Bonchev–Trinajstić information content (AvgIpc) is 3.33. The normalized spacial score (nSPS) is 11.0. The smallest absolute Gasteiger partial charge is 0.288 e. The van der Waals surface area contributed by atoms with Crippen LogP contribution in [0.25, 0.3) is 0 Å². The van der Waals surface area contributed by atoms with E-state index in [0.717, 1.165) is 13.0 Å². The molecule has 148 valence electrons. The second kappa shape index (κ2) is 10.7. The molecule has 5 nitrogen and oxygen atoms in total. The largest absolute Gasteiger partial charge is 0.360 e. The molecule has 2 heterocycles. The summed E-state index contributed by atoms with van der Waals surface area (Å²) in [6, 6.07) is 10.6. The minimum atomic E-state index is -2.54. The summed E-state index contributed by atoms with van der Waals surface area (Å²) in [6.07, 6.45) is 0.915. The molecule has 0 bridgehead atoms. The third kappa shape index (κ3) is 6.73. The van der Waals surface area contributed by atoms with Gasteiger partial charge in [0.25, 0.3) is 5.76 Å². The van der Waals surface area contributed by atoms with E-state index >= 15 is 0 Å². The maximum Gasteiger partial charge on any atom is 0.288 e. The topological polar surface area (TPSA) is 66.9 Å². The highest BCUT2D eigenvalue weighted by molar-refractivity contribution is 8.01. The van der Waals surface area contributed by atoms with Gasteiger partial charge in [0.1, 0.15) is 0 Å². The molecule has 0 radical (unpaired) electrons. The molecule has 0 unspecified atom stereocenters. The number of anilines is 2. The lowest BCUT2D eigenvalue weighted by molar-refractivity contribution is -0.113. The maximum absolute atomic E-state index is 12.6. The van der Waals surface area contributed by atoms with Gasteiger partial charge >= 0.3 is 0 Å². The molecule has 0 aliphatic rings. The lowest BCUT2D eigenvalue weighted by atomic mass is 10.3. The fraction of sp³-hybridized carbons (Fsp3) is 0.235. The number of thiophene rings is 1. The Morgan fingerprint density at radius 2 is 2.04 bits per heavy atom. The molecule has 3 aromatic rings. The van der Waals surface area contributed by atoms with Crippen LogP contribution in [0.1, 0.15) is 4.88 Å². The minimum Gasteiger partial charge on any atom is -0.360 e. The summed E-state index contributed by atoms with van der Waals surface area (Å²) in [5.74, 6) is -2.70. The molecule has 2 N–H and O–H groups in total. The standard InChI is InChI=1S/C17H16F2N4OS4/c18-15(19)27-13-6-2-1-5-12(13)21-14(24)10-26-17-23-22-16(28-17)20-8-7-11-4-3-9-25-11/h1-6,9,15H,7-8,10H2,(H,20,22)(H,21,24). The number of benzene rings is 1. The van der Waals surface area contributed by atoms with Crippen LogP contribution in [-0.2, 0) is 11.2 Å². The van der Waals surface area contributed by atoms with Gasteiger partial charge in [0.05, 0.1) is 11.4 Å². The first-order valence-electron chi connectivity index (χ1n) is 8.16. The van der Waals surface area contributed by atoms with E-state index in [4.69, 9.17) is 0 Å². The molecule has 2 aromatic heterocycles. The van der Waals surface area contributed by atoms with Crippen molar-refractivity contribution in [2.24, 2.45) is 0 Å². The number of amides is 1. The number of hydrogen-bond acceptors (Lipinski definition) is 8. The Morgan fingerprint density at radius 3 is 2.82 bits per heavy atom. The molecular formula is C17H16F2N4OS4. The number of rotatable bonds is 10. The van der Waals surface area contributed by atoms with Crippen molar-refractivity contribution in [2.45, 2.75) is 21.4 Å². The van der Waals surface area contributed by atoms with E-state index in [0.29, 0.717) is 31.8 Å². The van der Waals surface area contributed by atoms with Gasteiger partial charge < -0.3 is 10.6 Å². The van der Waals surface area contributed by atoms with Crippen molar-refractivity contribution in [3.8, 4) is 0 Å². The SMILES string of the molecule is O=C(CSc1nnc(NCCc2cccs2)s1)Nc1ccccc1SC(F)F. The van der Waals surface area contributed by atoms with Crippen LogP contribution in [0, 0.1) is 0 Å². The van der Waals surface area contributed by atoms with Gasteiger partial charge in [-0.15, -0.1) is 21.5 Å². The summed E-state index contributed by atoms with van der Waals surface area (Å²) in [5.41, 5.74) is 0.381. The van der Waals surface area contributed by atoms with E-state index < -0.39 is 5.76 Å². The van der Waals surface area contributed by atoms with Gasteiger partial charge in [-0.2, -0.15) is 8.78 Å². The van der Waals surface area contributed by atoms with Gasteiger partial charge in [0.2, 0.25) is 11.0 Å². The van der Waals surface area contributed by atoms with Gasteiger partial charge in [-0.1, -0.05) is 53.1 Å². The first-order valence-corrected chi connectivity index (χ1v) is 11.7. The third-order valence-corrected chi connectivity index (χ3v) is 7.08. The van der Waals surface area contributed by atoms with Crippen molar-refractivity contribution >= 4 is 62.9 Å². The molecule has 3 rings (SSSR count). The lowest BCUT2D eigenvalue weighted by Crippen LogP contribution is -2.14. The summed E-state index contributed by atoms with van der Waals surface area (Å²) < 4.78 is 25.9. The third-order valence-electron chi connectivity index (χ3n) is 3.34. The number of thioether (sulfide) groups is 2. The number of carbonyl (C=O) groups excluding carboxylic acids is 1. The van der Waals surface area contributed by atoms with Crippen LogP contribution in [0.2, 0.25) is 0 Å². The molecule has 1 amide bonds. The first-order chi connectivity index (χ1) is 13.6. The van der Waals surface area contributed by atoms with Crippen molar-refractivity contribution in [3.05, 3.63) is 46.7 Å². The molecule has 0 spiro atoms. The fourth-order valence-corrected chi connectivity index (χ4v) is 5.05. The zero-order chi connectivity index (χ0) is 19.8. The van der Waals surface area contributed by atoms with Gasteiger partial charge in [0, 0.05) is 16.3 Å². The van der Waals surface area contributed by atoms with Gasteiger partial charge in [-0.3, -0.25) is 4.79 Å². The monoisotopic (exact) mass is 458 g/mol. The molecule has 0 fully saturated rings. The molecule has 11 heteroatoms. The van der Waals surface area contributed by atoms with E-state index in [9.17, 15) is 13.6 Å². The van der Waals surface area contributed by atoms with Crippen LogP contribution in [-0.4, -0.2) is 34.2 Å². The molecule has 0 aliphatic heterocycles. The second-order valence-electron chi connectivity index (χ2n) is 5.34. The van der Waals surface area contributed by atoms with E-state index in [1.807, 2.05) is 11.4 Å². The predicted molar refractivity (Wildman–Crippen MR) is 114 cm³/mol. The van der Waals surface area contributed by atoms with E-state index in [1.54, 1.807) is 35.6 Å². The van der Waals surface area contributed by atoms with E-state index in [-0.39, 0.29) is 11.7 Å². The molecular weight excluding hydrogens is 442 g/mol. The summed E-state index contributed by atoms with van der Waals surface area (Å²) in [7, 11) is 0. The van der Waals surface area contributed by atoms with E-state index in [1.165, 1.54) is 28.0 Å². The quantitative estimate of drug-likeness (QED) is 0.402. The number of para-hydroxylation sites is 1. The Hall–Kier alpha value is -1.69. The molecule has 0 saturated carbocycles. The minimum absolute atomic E-state index is 0.123. The number of hydrogen-bond donors (Lipinski definition) is 2. The number of nitrogens with zero attached hydrogens (tertiary/aromatic N) is 2. The van der Waals surface area contributed by atoms with Gasteiger partial charge in [-0.25, -0.2) is 0 Å². The van der Waals surface area contributed by atoms with Crippen molar-refractivity contribution in [2.75, 3.05) is 22.9 Å². The summed E-state index contributed by atoms with van der Waals surface area (Å²) >= 11 is 4.76. The average molecular weight is 459 g/mol. The Bertz CT molecular complexity index is 889. The Kier molecular flexibility index (Phi) is 8.07. The predicted octanol–water partition coefficient (Wildman–Crippen LogP) is 5.30. The van der Waals surface area contributed by atoms with Crippen molar-refractivity contribution in [1.29, 1.82) is 0 Å². The van der Waals surface area contributed by atoms with Crippen molar-refractivity contribution in [3.63, 3.8) is 0 Å². The molecule has 0 aliphatic carbocycles. The number of carbonyl (C=O) groups is 1. The summed E-state index contributed by atoms with van der Waals surface area (Å²) in [4.78, 5) is 13.8. The van der Waals surface area contributed by atoms with Crippen LogP contribution >= 0.6 is 46.2 Å². The van der Waals surface area contributed by atoms with Gasteiger partial charge in [-0.05, 0) is 30.0 Å². The molecule has 0 saturated heterocycles. The van der Waals surface area contributed by atoms with Crippen molar-refractivity contribution < 1.29 is 13.6 Å². The zero-order valence-corrected chi connectivity index (χ0v) is 17.7. The molecule has 0 atom stereocenters. The Morgan fingerprint density at radius 1 is 1.18 bits per heavy atom. The fourth-order valence-electron chi connectivity index (χ4n) is 2.17. The van der Waals surface area contributed by atoms with Crippen LogP contribution in [0.5, 0.6) is 0 Å². The van der Waals surface area contributed by atoms with Crippen molar-refractivity contribution in [1.82, 2.24) is 10.2 Å². The number of nitrogens with one attached hydrogen (secondary N) is 2. The second-order valence-corrected chi connectivity index (χ2v) is 9.60. The first kappa shape index (κ1) is 21.0. The van der Waals surface area contributed by atoms with Crippen LogP contribution < -0.4 is 10.6 Å². The molecule has 28 heavy (non-hydrogen) atoms. The van der Waals surface area contributed by atoms with E-state index in [2.05, 4.69) is 26.9 Å². The van der Waals surface area contributed by atoms with Crippen LogP contribution in [0.3, 0.4) is 0 Å². The highest BCUT2D eigenvalue weighted by Crippen LogP contribution is 2.32. The highest BCUT2D eigenvalue weighted by Gasteiger charge is 2.13. The highest BCUT2D eigenvalue weighted by atomic mass is 32.2. The lowest BCUT2D eigenvalue weighted by Gasteiger charge is -2.09. The zero-order valence-electron chi connectivity index (χ0n) is 14.4. The number of alkyl halides is 2. The Labute approximate surface area is 177 Å². The number of aromatic nitrogens is 2. The maximum atomic E-state index is 12.6. The molecule has 1 aromatic carbocycles. The Balaban J connectivity index is 1.44. The summed E-state index contributed by atoms with van der Waals surface area (Å²) in [6.45, 7) is 0.763. The van der Waals surface area contributed by atoms with Gasteiger partial charge in [0.15, 0.2) is 4.34 Å². The summed E-state index contributed by atoms with van der Waals surface area (Å²) in [5, 5.41) is 16.8. The number of halogens is 2.